The maximum absolute atomic E-state index is 5.24. The van der Waals surface area contributed by atoms with E-state index in [0.717, 1.165) is 0 Å². The second kappa shape index (κ2) is 19.8. The minimum atomic E-state index is 0. The molecule has 0 N–H and O–H groups in total. The number of nitrogens with zero attached hydrogens (tertiary/aromatic N) is 6. The molecular formula is C36H36CoN6O6+3. The molecule has 0 saturated carbocycles. The molecule has 6 aromatic rings. The van der Waals surface area contributed by atoms with Crippen LogP contribution in [-0.2, 0) is 16.8 Å². The maximum Gasteiger partial charge on any atom is 3.00 e. The third-order valence-electron chi connectivity index (χ3n) is 6.62. The average molecular weight is 708 g/mol. The maximum atomic E-state index is 5.24. The van der Waals surface area contributed by atoms with Crippen molar-refractivity contribution in [2.24, 2.45) is 0 Å². The smallest absolute Gasteiger partial charge is 0.494 e. The number of hydrogen-bond acceptors (Lipinski definition) is 12. The number of hydrogen-bond donors (Lipinski definition) is 0. The zero-order chi connectivity index (χ0) is 34.1. The third kappa shape index (κ3) is 9.62. The zero-order valence-electron chi connectivity index (χ0n) is 27.9. The predicted molar refractivity (Wildman–Crippen MR) is 182 cm³/mol. The van der Waals surface area contributed by atoms with Crippen LogP contribution >= 0.6 is 0 Å². The van der Waals surface area contributed by atoms with Gasteiger partial charge in [0.2, 0.25) is 0 Å². The Morgan fingerprint density at radius 3 is 0.551 bits per heavy atom. The summed E-state index contributed by atoms with van der Waals surface area (Å²) < 4.78 is 31.4. The standard InChI is InChI=1S/3C12H12N2O2.Co/c3*1-15-9-5-3-7-13-11(9)12-10(16-2)6-4-8-14-12;/h3*3-8H,1-2H3;/q;;;+3. The van der Waals surface area contributed by atoms with E-state index in [1.165, 1.54) is 0 Å². The van der Waals surface area contributed by atoms with Crippen LogP contribution in [0.15, 0.2) is 110 Å². The molecule has 0 spiro atoms. The molecule has 0 fully saturated rings. The van der Waals surface area contributed by atoms with E-state index in [1.807, 2.05) is 72.8 Å². The summed E-state index contributed by atoms with van der Waals surface area (Å²) in [6, 6.07) is 22.0. The molecule has 6 heterocycles. The van der Waals surface area contributed by atoms with Gasteiger partial charge in [0.05, 0.1) is 42.7 Å². The summed E-state index contributed by atoms with van der Waals surface area (Å²) >= 11 is 0. The third-order valence-corrected chi connectivity index (χ3v) is 6.62. The van der Waals surface area contributed by atoms with E-state index in [9.17, 15) is 0 Å². The van der Waals surface area contributed by atoms with Crippen LogP contribution in [0.3, 0.4) is 0 Å². The Bertz CT molecular complexity index is 1540. The van der Waals surface area contributed by atoms with Gasteiger partial charge in [0, 0.05) is 37.2 Å². The molecule has 0 radical (unpaired) electrons. The largest absolute Gasteiger partial charge is 3.00 e. The molecule has 6 rings (SSSR count). The quantitative estimate of drug-likeness (QED) is 0.163. The van der Waals surface area contributed by atoms with Crippen LogP contribution in [0.25, 0.3) is 34.2 Å². The minimum absolute atomic E-state index is 0. The molecule has 0 saturated heterocycles. The van der Waals surface area contributed by atoms with E-state index < -0.39 is 0 Å². The summed E-state index contributed by atoms with van der Waals surface area (Å²) in [7, 11) is 9.64. The molecule has 13 heteroatoms. The van der Waals surface area contributed by atoms with E-state index in [-0.39, 0.29) is 16.8 Å². The Labute approximate surface area is 295 Å². The number of aromatic nitrogens is 6. The fourth-order valence-electron chi connectivity index (χ4n) is 4.40. The summed E-state index contributed by atoms with van der Waals surface area (Å²) in [5, 5.41) is 0. The van der Waals surface area contributed by atoms with Gasteiger partial charge in [-0.05, 0) is 72.8 Å². The topological polar surface area (TPSA) is 133 Å². The Balaban J connectivity index is 0.000000197. The fourth-order valence-corrected chi connectivity index (χ4v) is 4.40. The van der Waals surface area contributed by atoms with Gasteiger partial charge in [0.1, 0.15) is 68.7 Å². The van der Waals surface area contributed by atoms with Crippen molar-refractivity contribution in [3.8, 4) is 68.7 Å². The van der Waals surface area contributed by atoms with E-state index in [4.69, 9.17) is 28.4 Å². The van der Waals surface area contributed by atoms with Gasteiger partial charge in [-0.1, -0.05) is 0 Å². The molecule has 0 aliphatic carbocycles. The number of rotatable bonds is 9. The zero-order valence-corrected chi connectivity index (χ0v) is 28.9. The number of methoxy groups -OCH3 is 6. The summed E-state index contributed by atoms with van der Waals surface area (Å²) in [5.74, 6) is 4.08. The molecule has 12 nitrogen and oxygen atoms in total. The normalized spacial score (nSPS) is 9.67. The Morgan fingerprint density at radius 2 is 0.429 bits per heavy atom. The van der Waals surface area contributed by atoms with E-state index in [2.05, 4.69) is 29.9 Å². The molecule has 0 unspecified atom stereocenters. The van der Waals surface area contributed by atoms with Crippen LogP contribution in [-0.4, -0.2) is 72.6 Å². The summed E-state index contributed by atoms with van der Waals surface area (Å²) in [6.45, 7) is 0. The summed E-state index contributed by atoms with van der Waals surface area (Å²) in [5.41, 5.74) is 4.10. The van der Waals surface area contributed by atoms with Gasteiger partial charge in [0.25, 0.3) is 0 Å². The van der Waals surface area contributed by atoms with Gasteiger partial charge in [-0.2, -0.15) is 0 Å². The molecule has 0 atom stereocenters. The Kier molecular flexibility index (Phi) is 15.2. The first-order chi connectivity index (χ1) is 23.6. The second-order valence-electron chi connectivity index (χ2n) is 9.33. The van der Waals surface area contributed by atoms with Gasteiger partial charge >= 0.3 is 16.8 Å². The van der Waals surface area contributed by atoms with Crippen molar-refractivity contribution in [2.45, 2.75) is 0 Å². The molecule has 0 bridgehead atoms. The van der Waals surface area contributed by atoms with Gasteiger partial charge in [-0.15, -0.1) is 0 Å². The molecule has 0 aromatic carbocycles. The Morgan fingerprint density at radius 1 is 0.286 bits per heavy atom. The van der Waals surface area contributed by atoms with Crippen LogP contribution < -0.4 is 28.4 Å². The molecule has 0 aliphatic heterocycles. The van der Waals surface area contributed by atoms with Crippen molar-refractivity contribution in [3.05, 3.63) is 110 Å². The first-order valence-electron chi connectivity index (χ1n) is 14.5. The second-order valence-corrected chi connectivity index (χ2v) is 9.33. The first-order valence-corrected chi connectivity index (χ1v) is 14.5. The van der Waals surface area contributed by atoms with Crippen LogP contribution in [0.4, 0.5) is 0 Å². The van der Waals surface area contributed by atoms with Gasteiger partial charge in [-0.3, -0.25) is 29.9 Å². The van der Waals surface area contributed by atoms with Gasteiger partial charge < -0.3 is 28.4 Å². The van der Waals surface area contributed by atoms with E-state index in [1.54, 1.807) is 79.8 Å². The van der Waals surface area contributed by atoms with Gasteiger partial charge in [-0.25, -0.2) is 0 Å². The van der Waals surface area contributed by atoms with Crippen LogP contribution in [0.5, 0.6) is 34.5 Å². The van der Waals surface area contributed by atoms with Crippen molar-refractivity contribution in [2.75, 3.05) is 42.7 Å². The monoisotopic (exact) mass is 707 g/mol. The average Bonchev–Trinajstić information content (AvgIpc) is 3.18. The minimum Gasteiger partial charge on any atom is -0.494 e. The number of ether oxygens (including phenoxy) is 6. The van der Waals surface area contributed by atoms with E-state index >= 15 is 0 Å². The van der Waals surface area contributed by atoms with Crippen molar-refractivity contribution >= 4 is 0 Å². The van der Waals surface area contributed by atoms with E-state index in [0.29, 0.717) is 68.7 Å². The Hall–Kier alpha value is -5.79. The molecule has 0 amide bonds. The van der Waals surface area contributed by atoms with Crippen LogP contribution in [0.2, 0.25) is 0 Å². The fraction of sp³-hybridized carbons (Fsp3) is 0.167. The molecule has 0 aliphatic rings. The summed E-state index contributed by atoms with van der Waals surface area (Å²) in [4.78, 5) is 25.6. The van der Waals surface area contributed by atoms with Crippen molar-refractivity contribution in [1.82, 2.24) is 29.9 Å². The molecular weight excluding hydrogens is 671 g/mol. The molecule has 252 valence electrons. The van der Waals surface area contributed by atoms with Crippen LogP contribution in [0.1, 0.15) is 0 Å². The SMILES string of the molecule is COc1cccnc1-c1ncccc1OC.COc1cccnc1-c1ncccc1OC.COc1cccnc1-c1ncccc1OC.[Co+3]. The molecule has 6 aromatic heterocycles. The number of pyridine rings is 6. The van der Waals surface area contributed by atoms with Gasteiger partial charge in [0.15, 0.2) is 0 Å². The van der Waals surface area contributed by atoms with Crippen LogP contribution in [0, 0.1) is 0 Å². The van der Waals surface area contributed by atoms with Crippen molar-refractivity contribution in [1.29, 1.82) is 0 Å². The van der Waals surface area contributed by atoms with Crippen molar-refractivity contribution < 1.29 is 45.2 Å². The predicted octanol–water partition coefficient (Wildman–Crippen LogP) is 6.48. The first kappa shape index (κ1) is 37.7. The molecule has 49 heavy (non-hydrogen) atoms. The van der Waals surface area contributed by atoms with Crippen molar-refractivity contribution in [3.63, 3.8) is 0 Å². The summed E-state index contributed by atoms with van der Waals surface area (Å²) in [6.07, 6.45) is 10.2.